The SMILES string of the molecule is CF.COP(=O)(O)OCC1CCC(n2ccc(=O)[nH]c2=O)O1. The molecule has 1 fully saturated rings. The standard InChI is InChI=1S/C10H15N2O7P.CH3F/c1-17-20(15,16)18-6-7-2-3-9(19-7)12-5-4-8(13)11-10(12)14;1-2/h4-5,7,9H,2-3,6H2,1H3,(H,15,16)(H,11,13,14);1H3. The number of nitrogens with zero attached hydrogens (tertiary/aromatic N) is 1. The monoisotopic (exact) mass is 340 g/mol. The predicted octanol–water partition coefficient (Wildman–Crippen LogP) is 0.563. The lowest BCUT2D eigenvalue weighted by atomic mass is 10.2. The average molecular weight is 340 g/mol. The van der Waals surface area contributed by atoms with Crippen LogP contribution >= 0.6 is 7.82 Å². The number of nitrogens with one attached hydrogen (secondary N) is 1. The van der Waals surface area contributed by atoms with Crippen molar-refractivity contribution in [3.63, 3.8) is 0 Å². The molecule has 2 N–H and O–H groups in total. The Morgan fingerprint density at radius 3 is 2.77 bits per heavy atom. The molecule has 9 nitrogen and oxygen atoms in total. The molecule has 3 atom stereocenters. The number of H-pyrrole nitrogens is 1. The molecule has 2 heterocycles. The maximum atomic E-state index is 11.6. The van der Waals surface area contributed by atoms with Crippen molar-refractivity contribution in [1.29, 1.82) is 0 Å². The zero-order chi connectivity index (χ0) is 16.8. The molecule has 0 aliphatic carbocycles. The first kappa shape index (κ1) is 18.7. The van der Waals surface area contributed by atoms with Crippen molar-refractivity contribution in [3.05, 3.63) is 33.1 Å². The van der Waals surface area contributed by atoms with E-state index in [4.69, 9.17) is 14.2 Å². The minimum atomic E-state index is -4.03. The van der Waals surface area contributed by atoms with Gasteiger partial charge in [-0.05, 0) is 12.8 Å². The van der Waals surface area contributed by atoms with E-state index in [0.717, 1.165) is 7.11 Å². The molecule has 1 aliphatic heterocycles. The van der Waals surface area contributed by atoms with E-state index in [2.05, 4.69) is 9.51 Å². The highest BCUT2D eigenvalue weighted by Crippen LogP contribution is 2.43. The van der Waals surface area contributed by atoms with E-state index >= 15 is 0 Å². The highest BCUT2D eigenvalue weighted by atomic mass is 31.2. The van der Waals surface area contributed by atoms with E-state index < -0.39 is 31.4 Å². The molecule has 1 saturated heterocycles. The third kappa shape index (κ3) is 5.15. The zero-order valence-electron chi connectivity index (χ0n) is 12.1. The summed E-state index contributed by atoms with van der Waals surface area (Å²) in [6, 6.07) is 1.22. The summed E-state index contributed by atoms with van der Waals surface area (Å²) in [4.78, 5) is 33.8. The number of phosphoric ester groups is 1. The molecule has 0 bridgehead atoms. The first-order valence-corrected chi connectivity index (χ1v) is 7.78. The summed E-state index contributed by atoms with van der Waals surface area (Å²) in [7, 11) is -2.46. The van der Waals surface area contributed by atoms with Crippen LogP contribution in [0.5, 0.6) is 0 Å². The van der Waals surface area contributed by atoms with Crippen LogP contribution in [-0.2, 0) is 18.3 Å². The van der Waals surface area contributed by atoms with E-state index in [0.29, 0.717) is 20.0 Å². The second kappa shape index (κ2) is 8.35. The molecule has 1 aromatic heterocycles. The number of phosphoric acid groups is 1. The number of aromatic nitrogens is 2. The van der Waals surface area contributed by atoms with Crippen LogP contribution in [-0.4, -0.2) is 41.4 Å². The van der Waals surface area contributed by atoms with E-state index in [1.807, 2.05) is 0 Å². The van der Waals surface area contributed by atoms with Crippen LogP contribution in [0.2, 0.25) is 0 Å². The normalized spacial score (nSPS) is 23.5. The minimum Gasteiger partial charge on any atom is -0.352 e. The molecule has 2 rings (SSSR count). The first-order valence-electron chi connectivity index (χ1n) is 6.29. The number of alkyl halides is 1. The fraction of sp³-hybridized carbons (Fsp3) is 0.636. The summed E-state index contributed by atoms with van der Waals surface area (Å²) in [5.41, 5.74) is -1.04. The molecule has 0 radical (unpaired) electrons. The Bertz CT molecular complexity index is 631. The lowest BCUT2D eigenvalue weighted by Crippen LogP contribution is -2.31. The van der Waals surface area contributed by atoms with Gasteiger partial charge in [0.1, 0.15) is 6.23 Å². The fourth-order valence-corrected chi connectivity index (χ4v) is 2.36. The predicted molar refractivity (Wildman–Crippen MR) is 74.3 cm³/mol. The van der Waals surface area contributed by atoms with Crippen molar-refractivity contribution < 1.29 is 27.6 Å². The van der Waals surface area contributed by atoms with Gasteiger partial charge < -0.3 is 9.63 Å². The van der Waals surface area contributed by atoms with Crippen molar-refractivity contribution in [2.24, 2.45) is 0 Å². The number of hydrogen-bond acceptors (Lipinski definition) is 6. The Hall–Kier alpha value is -1.32. The summed E-state index contributed by atoms with van der Waals surface area (Å²) in [5.74, 6) is 0. The van der Waals surface area contributed by atoms with Crippen LogP contribution < -0.4 is 11.2 Å². The van der Waals surface area contributed by atoms with Crippen molar-refractivity contribution in [3.8, 4) is 0 Å². The second-order valence-corrected chi connectivity index (χ2v) is 5.81. The summed E-state index contributed by atoms with van der Waals surface area (Å²) >= 11 is 0. The van der Waals surface area contributed by atoms with Crippen molar-refractivity contribution in [2.75, 3.05) is 20.9 Å². The lowest BCUT2D eigenvalue weighted by Gasteiger charge is -2.16. The largest absolute Gasteiger partial charge is 0.472 e. The Kier molecular flexibility index (Phi) is 7.11. The number of halogens is 1. The first-order chi connectivity index (χ1) is 10.4. The highest BCUT2D eigenvalue weighted by Gasteiger charge is 2.30. The third-order valence-corrected chi connectivity index (χ3v) is 3.84. The van der Waals surface area contributed by atoms with Crippen LogP contribution in [0.3, 0.4) is 0 Å². The smallest absolute Gasteiger partial charge is 0.352 e. The van der Waals surface area contributed by atoms with Gasteiger partial charge in [0.15, 0.2) is 0 Å². The van der Waals surface area contributed by atoms with Crippen LogP contribution in [0.4, 0.5) is 4.39 Å². The Morgan fingerprint density at radius 2 is 2.18 bits per heavy atom. The number of aromatic amines is 1. The molecule has 11 heteroatoms. The van der Waals surface area contributed by atoms with E-state index in [-0.39, 0.29) is 6.61 Å². The molecule has 0 amide bonds. The molecule has 126 valence electrons. The molecule has 3 unspecified atom stereocenters. The van der Waals surface area contributed by atoms with Gasteiger partial charge in [0, 0.05) is 19.4 Å². The van der Waals surface area contributed by atoms with Gasteiger partial charge in [-0.2, -0.15) is 0 Å². The van der Waals surface area contributed by atoms with Gasteiger partial charge in [-0.3, -0.25) is 27.8 Å². The lowest BCUT2D eigenvalue weighted by molar-refractivity contribution is -0.0251. The molecule has 0 saturated carbocycles. The summed E-state index contributed by atoms with van der Waals surface area (Å²) in [5, 5.41) is 0. The van der Waals surface area contributed by atoms with Crippen LogP contribution in [0.1, 0.15) is 19.1 Å². The van der Waals surface area contributed by atoms with Gasteiger partial charge in [0.25, 0.3) is 5.56 Å². The maximum Gasteiger partial charge on any atom is 0.472 e. The van der Waals surface area contributed by atoms with Gasteiger partial charge in [0.2, 0.25) is 0 Å². The van der Waals surface area contributed by atoms with Gasteiger partial charge >= 0.3 is 13.5 Å². The molecule has 0 spiro atoms. The Morgan fingerprint density at radius 1 is 1.50 bits per heavy atom. The van der Waals surface area contributed by atoms with Gasteiger partial charge in [-0.15, -0.1) is 0 Å². The Labute approximate surface area is 125 Å². The number of ether oxygens (including phenoxy) is 1. The van der Waals surface area contributed by atoms with Crippen LogP contribution in [0.25, 0.3) is 0 Å². The highest BCUT2D eigenvalue weighted by molar-refractivity contribution is 7.47. The zero-order valence-corrected chi connectivity index (χ0v) is 13.0. The Balaban J connectivity index is 0.00000116. The van der Waals surface area contributed by atoms with Crippen molar-refractivity contribution >= 4 is 7.82 Å². The fourth-order valence-electron chi connectivity index (χ4n) is 1.90. The molecular formula is C11H18FN2O7P. The van der Waals surface area contributed by atoms with E-state index in [9.17, 15) is 18.5 Å². The molecule has 1 aromatic rings. The maximum absolute atomic E-state index is 11.6. The topological polar surface area (TPSA) is 120 Å². The molecular weight excluding hydrogens is 322 g/mol. The van der Waals surface area contributed by atoms with Crippen molar-refractivity contribution in [2.45, 2.75) is 25.2 Å². The minimum absolute atomic E-state index is 0.115. The average Bonchev–Trinajstić information content (AvgIpc) is 2.96. The van der Waals surface area contributed by atoms with Crippen molar-refractivity contribution in [1.82, 2.24) is 9.55 Å². The molecule has 0 aromatic carbocycles. The van der Waals surface area contributed by atoms with Gasteiger partial charge in [-0.1, -0.05) is 0 Å². The van der Waals surface area contributed by atoms with Gasteiger partial charge in [0.05, 0.1) is 19.9 Å². The molecule has 22 heavy (non-hydrogen) atoms. The number of hydrogen-bond donors (Lipinski definition) is 2. The van der Waals surface area contributed by atoms with E-state index in [1.165, 1.54) is 16.8 Å². The van der Waals surface area contributed by atoms with Gasteiger partial charge in [-0.25, -0.2) is 9.36 Å². The van der Waals surface area contributed by atoms with Crippen LogP contribution in [0, 0.1) is 0 Å². The summed E-state index contributed by atoms with van der Waals surface area (Å²) in [6.45, 7) is -0.115. The second-order valence-electron chi connectivity index (χ2n) is 4.25. The molecule has 1 aliphatic rings. The number of rotatable bonds is 5. The summed E-state index contributed by atoms with van der Waals surface area (Å²) in [6.07, 6.45) is 1.48. The van der Waals surface area contributed by atoms with Crippen LogP contribution in [0.15, 0.2) is 21.9 Å². The summed E-state index contributed by atoms with van der Waals surface area (Å²) < 4.78 is 36.4. The third-order valence-electron chi connectivity index (χ3n) is 2.90. The quantitative estimate of drug-likeness (QED) is 0.752. The van der Waals surface area contributed by atoms with E-state index in [1.54, 1.807) is 0 Å².